The van der Waals surface area contributed by atoms with Gasteiger partial charge in [-0.2, -0.15) is 0 Å². The second-order valence-corrected chi connectivity index (χ2v) is 3.66. The van der Waals surface area contributed by atoms with E-state index in [-0.39, 0.29) is 5.56 Å². The fourth-order valence-electron chi connectivity index (χ4n) is 1.24. The van der Waals surface area contributed by atoms with Crippen LogP contribution in [0.1, 0.15) is 15.9 Å². The summed E-state index contributed by atoms with van der Waals surface area (Å²) in [6.45, 7) is -0.795. The van der Waals surface area contributed by atoms with E-state index in [0.29, 0.717) is 5.56 Å². The predicted octanol–water partition coefficient (Wildman–Crippen LogP) is 1.49. The van der Waals surface area contributed by atoms with Crippen LogP contribution in [0.25, 0.3) is 0 Å². The number of aliphatic hydroxyl groups excluding tert-OH is 1. The molecule has 94 valence electrons. The van der Waals surface area contributed by atoms with Crippen LogP contribution >= 0.6 is 0 Å². The number of halogens is 3. The number of nitrogens with one attached hydrogen (secondary N) is 1. The van der Waals surface area contributed by atoms with Crippen LogP contribution in [-0.2, 0) is 0 Å². The molecule has 1 rings (SSSR count). The molecule has 0 saturated carbocycles. The zero-order chi connectivity index (χ0) is 13.1. The van der Waals surface area contributed by atoms with Crippen LogP contribution in [0.5, 0.6) is 0 Å². The molecule has 3 nitrogen and oxygen atoms in total. The number of rotatable bonds is 4. The Kier molecular flexibility index (Phi) is 4.11. The zero-order valence-corrected chi connectivity index (χ0v) is 9.14. The molecular formula is C11H12F3NO2. The van der Waals surface area contributed by atoms with Crippen LogP contribution in [0, 0.1) is 12.7 Å². The Morgan fingerprint density at radius 1 is 1.47 bits per heavy atom. The number of hydrogen-bond donors (Lipinski definition) is 2. The Bertz CT molecular complexity index is 421. The lowest BCUT2D eigenvalue weighted by Crippen LogP contribution is -2.39. The van der Waals surface area contributed by atoms with Crippen molar-refractivity contribution in [1.29, 1.82) is 0 Å². The van der Waals surface area contributed by atoms with Gasteiger partial charge in [0, 0.05) is 5.56 Å². The maximum Gasteiger partial charge on any atom is 0.287 e. The summed E-state index contributed by atoms with van der Waals surface area (Å²) >= 11 is 0. The zero-order valence-electron chi connectivity index (χ0n) is 9.14. The second kappa shape index (κ2) is 5.18. The maximum atomic E-state index is 12.8. The molecule has 0 aliphatic rings. The van der Waals surface area contributed by atoms with Gasteiger partial charge in [-0.1, -0.05) is 0 Å². The summed E-state index contributed by atoms with van der Waals surface area (Å²) in [7, 11) is 0. The van der Waals surface area contributed by atoms with E-state index in [1.165, 1.54) is 13.0 Å². The van der Waals surface area contributed by atoms with Crippen molar-refractivity contribution in [3.63, 3.8) is 0 Å². The first kappa shape index (κ1) is 13.5. The van der Waals surface area contributed by atoms with Gasteiger partial charge in [0.15, 0.2) is 0 Å². The molecule has 0 saturated heterocycles. The quantitative estimate of drug-likeness (QED) is 0.847. The largest absolute Gasteiger partial charge is 0.390 e. The fourth-order valence-corrected chi connectivity index (χ4v) is 1.24. The molecule has 0 atom stereocenters. The number of aryl methyl sites for hydroxylation is 1. The van der Waals surface area contributed by atoms with Crippen molar-refractivity contribution < 1.29 is 23.1 Å². The smallest absolute Gasteiger partial charge is 0.287 e. The van der Waals surface area contributed by atoms with E-state index in [0.717, 1.165) is 12.1 Å². The van der Waals surface area contributed by atoms with Crippen LogP contribution < -0.4 is 5.32 Å². The van der Waals surface area contributed by atoms with Gasteiger partial charge in [0.05, 0.1) is 6.54 Å². The Labute approximate surface area is 96.3 Å². The first-order valence-electron chi connectivity index (χ1n) is 4.89. The summed E-state index contributed by atoms with van der Waals surface area (Å²) in [4.78, 5) is 11.5. The van der Waals surface area contributed by atoms with E-state index in [4.69, 9.17) is 5.11 Å². The Morgan fingerprint density at radius 2 is 2.12 bits per heavy atom. The highest BCUT2D eigenvalue weighted by molar-refractivity contribution is 5.95. The van der Waals surface area contributed by atoms with E-state index in [1.807, 2.05) is 5.32 Å². The molecule has 1 aromatic carbocycles. The summed E-state index contributed by atoms with van der Waals surface area (Å²) < 4.78 is 38.1. The third-order valence-corrected chi connectivity index (χ3v) is 2.17. The monoisotopic (exact) mass is 247 g/mol. The molecule has 1 amide bonds. The molecule has 6 heteroatoms. The molecule has 0 spiro atoms. The van der Waals surface area contributed by atoms with E-state index >= 15 is 0 Å². The highest BCUT2D eigenvalue weighted by Crippen LogP contribution is 2.12. The molecule has 0 fully saturated rings. The topological polar surface area (TPSA) is 49.3 Å². The second-order valence-electron chi connectivity index (χ2n) is 3.66. The van der Waals surface area contributed by atoms with Gasteiger partial charge in [0.25, 0.3) is 11.8 Å². The van der Waals surface area contributed by atoms with Gasteiger partial charge in [-0.25, -0.2) is 13.2 Å². The summed E-state index contributed by atoms with van der Waals surface area (Å²) in [6.07, 6.45) is 0. The normalized spacial score (nSPS) is 11.4. The first-order chi connectivity index (χ1) is 7.85. The Balaban J connectivity index is 2.71. The first-order valence-corrected chi connectivity index (χ1v) is 4.89. The highest BCUT2D eigenvalue weighted by atomic mass is 19.3. The van der Waals surface area contributed by atoms with E-state index in [1.54, 1.807) is 0 Å². The summed E-state index contributed by atoms with van der Waals surface area (Å²) in [5.41, 5.74) is 0.481. The molecule has 1 aromatic rings. The molecule has 0 bridgehead atoms. The average molecular weight is 247 g/mol. The number of hydrogen-bond acceptors (Lipinski definition) is 2. The lowest BCUT2D eigenvalue weighted by atomic mass is 10.1. The van der Waals surface area contributed by atoms with Crippen LogP contribution in [0.2, 0.25) is 0 Å². The van der Waals surface area contributed by atoms with Crippen molar-refractivity contribution in [2.45, 2.75) is 12.8 Å². The van der Waals surface area contributed by atoms with Crippen molar-refractivity contribution in [1.82, 2.24) is 5.32 Å². The molecule has 0 radical (unpaired) electrons. The summed E-state index contributed by atoms with van der Waals surface area (Å²) in [5, 5.41) is 10.3. The van der Waals surface area contributed by atoms with E-state index in [9.17, 15) is 18.0 Å². The van der Waals surface area contributed by atoms with Crippen molar-refractivity contribution in [2.24, 2.45) is 0 Å². The van der Waals surface area contributed by atoms with E-state index in [2.05, 4.69) is 0 Å². The van der Waals surface area contributed by atoms with Crippen LogP contribution in [0.15, 0.2) is 18.2 Å². The van der Waals surface area contributed by atoms with Gasteiger partial charge in [-0.15, -0.1) is 0 Å². The number of carbonyl (C=O) groups is 1. The molecule has 0 heterocycles. The van der Waals surface area contributed by atoms with Gasteiger partial charge in [0.2, 0.25) is 0 Å². The van der Waals surface area contributed by atoms with Crippen molar-refractivity contribution in [2.75, 3.05) is 13.2 Å². The third-order valence-electron chi connectivity index (χ3n) is 2.17. The van der Waals surface area contributed by atoms with Gasteiger partial charge < -0.3 is 10.4 Å². The Hall–Kier alpha value is -1.56. The number of carbonyl (C=O) groups excluding carboxylic acids is 1. The molecular weight excluding hydrogens is 235 g/mol. The number of aliphatic hydroxyl groups is 1. The average Bonchev–Trinajstić information content (AvgIpc) is 2.26. The van der Waals surface area contributed by atoms with Crippen molar-refractivity contribution in [3.05, 3.63) is 35.1 Å². The van der Waals surface area contributed by atoms with Gasteiger partial charge in [-0.3, -0.25) is 4.79 Å². The SMILES string of the molecule is Cc1cc(F)ccc1C(=O)NCC(F)(F)CO. The third kappa shape index (κ3) is 3.74. The number of benzene rings is 1. The standard InChI is InChI=1S/C11H12F3NO2/c1-7-4-8(12)2-3-9(7)10(17)15-5-11(13,14)6-16/h2-4,16H,5-6H2,1H3,(H,15,17). The number of amides is 1. The summed E-state index contributed by atoms with van der Waals surface area (Å²) in [6, 6.07) is 3.43. The van der Waals surface area contributed by atoms with Crippen molar-refractivity contribution in [3.8, 4) is 0 Å². The minimum Gasteiger partial charge on any atom is -0.390 e. The number of alkyl halides is 2. The van der Waals surface area contributed by atoms with Gasteiger partial charge in [-0.05, 0) is 30.7 Å². The fraction of sp³-hybridized carbons (Fsp3) is 0.364. The molecule has 0 aliphatic heterocycles. The lowest BCUT2D eigenvalue weighted by Gasteiger charge is -2.14. The maximum absolute atomic E-state index is 12.8. The van der Waals surface area contributed by atoms with Gasteiger partial charge >= 0.3 is 0 Å². The van der Waals surface area contributed by atoms with Gasteiger partial charge in [0.1, 0.15) is 12.4 Å². The summed E-state index contributed by atoms with van der Waals surface area (Å²) in [5.74, 6) is -4.58. The van der Waals surface area contributed by atoms with E-state index < -0.39 is 30.8 Å². The molecule has 17 heavy (non-hydrogen) atoms. The predicted molar refractivity (Wildman–Crippen MR) is 55.5 cm³/mol. The molecule has 0 unspecified atom stereocenters. The van der Waals surface area contributed by atoms with Crippen LogP contribution in [0.3, 0.4) is 0 Å². The Morgan fingerprint density at radius 3 is 2.65 bits per heavy atom. The lowest BCUT2D eigenvalue weighted by molar-refractivity contribution is -0.0462. The van der Waals surface area contributed by atoms with Crippen LogP contribution in [-0.4, -0.2) is 30.1 Å². The minimum atomic E-state index is -3.36. The van der Waals surface area contributed by atoms with Crippen LogP contribution in [0.4, 0.5) is 13.2 Å². The molecule has 2 N–H and O–H groups in total. The highest BCUT2D eigenvalue weighted by Gasteiger charge is 2.28. The molecule has 0 aromatic heterocycles. The molecule has 0 aliphatic carbocycles. The van der Waals surface area contributed by atoms with Crippen molar-refractivity contribution >= 4 is 5.91 Å². The minimum absolute atomic E-state index is 0.125.